The number of benzene rings is 1. The summed E-state index contributed by atoms with van der Waals surface area (Å²) in [6.45, 7) is 9.27. The zero-order valence-corrected chi connectivity index (χ0v) is 19.5. The highest BCUT2D eigenvalue weighted by molar-refractivity contribution is 7.19. The van der Waals surface area contributed by atoms with E-state index in [-0.39, 0.29) is 0 Å². The molecule has 33 heavy (non-hydrogen) atoms. The lowest BCUT2D eigenvalue weighted by Crippen LogP contribution is -3.14. The Morgan fingerprint density at radius 2 is 1.97 bits per heavy atom. The van der Waals surface area contributed by atoms with Crippen molar-refractivity contribution >= 4 is 33.1 Å². The Hall–Kier alpha value is -2.66. The Morgan fingerprint density at radius 3 is 2.85 bits per heavy atom. The summed E-state index contributed by atoms with van der Waals surface area (Å²) in [5, 5.41) is 17.1. The molecule has 0 bridgehead atoms. The molecule has 4 aromatic rings. The van der Waals surface area contributed by atoms with Gasteiger partial charge in [0, 0.05) is 24.9 Å². The van der Waals surface area contributed by atoms with E-state index in [1.165, 1.54) is 21.4 Å². The average molecular weight is 467 g/mol. The lowest BCUT2D eigenvalue weighted by molar-refractivity contribution is -0.929. The fourth-order valence-electron chi connectivity index (χ4n) is 5.07. The minimum atomic E-state index is 0.566. The molecular formula is C23H30N8OS+2. The van der Waals surface area contributed by atoms with Crippen molar-refractivity contribution in [2.45, 2.75) is 25.9 Å². The maximum atomic E-state index is 5.47. The van der Waals surface area contributed by atoms with Gasteiger partial charge in [-0.3, -0.25) is 0 Å². The molecule has 1 unspecified atom stereocenters. The first-order chi connectivity index (χ1) is 16.3. The van der Waals surface area contributed by atoms with Crippen molar-refractivity contribution in [2.75, 3.05) is 51.3 Å². The average Bonchev–Trinajstić information content (AvgIpc) is 3.47. The molecule has 0 aliphatic carbocycles. The van der Waals surface area contributed by atoms with E-state index < -0.39 is 0 Å². The molecule has 3 N–H and O–H groups in total. The molecule has 9 nitrogen and oxygen atoms in total. The van der Waals surface area contributed by atoms with Gasteiger partial charge in [-0.05, 0) is 16.0 Å². The van der Waals surface area contributed by atoms with Gasteiger partial charge in [-0.15, -0.1) is 11.3 Å². The number of hydrogen-bond acceptors (Lipinski definition) is 7. The van der Waals surface area contributed by atoms with Crippen LogP contribution in [0.2, 0.25) is 0 Å². The number of aromatic nitrogens is 5. The molecule has 0 radical (unpaired) electrons. The summed E-state index contributed by atoms with van der Waals surface area (Å²) in [4.78, 5) is 10.6. The van der Waals surface area contributed by atoms with Gasteiger partial charge < -0.3 is 19.9 Å². The smallest absolute Gasteiger partial charge is 0.276 e. The van der Waals surface area contributed by atoms with Crippen molar-refractivity contribution < 1.29 is 14.5 Å². The molecule has 6 rings (SSSR count). The summed E-state index contributed by atoms with van der Waals surface area (Å²) >= 11 is 1.83. The molecule has 2 aliphatic heterocycles. The molecule has 1 aromatic carbocycles. The first-order valence-electron chi connectivity index (χ1n) is 11.9. The van der Waals surface area contributed by atoms with E-state index in [1.54, 1.807) is 14.3 Å². The Morgan fingerprint density at radius 1 is 1.09 bits per heavy atom. The van der Waals surface area contributed by atoms with Crippen LogP contribution in [0.1, 0.15) is 22.4 Å². The van der Waals surface area contributed by atoms with Gasteiger partial charge in [0.25, 0.3) is 5.78 Å². The summed E-state index contributed by atoms with van der Waals surface area (Å²) in [6, 6.07) is 10.8. The molecule has 10 heteroatoms. The zero-order chi connectivity index (χ0) is 22.0. The number of hydrogen-bond donors (Lipinski definition) is 3. The monoisotopic (exact) mass is 466 g/mol. The molecule has 1 atom stereocenters. The third-order valence-electron chi connectivity index (χ3n) is 6.80. The molecule has 1 fully saturated rings. The van der Waals surface area contributed by atoms with Crippen LogP contribution in [0.3, 0.4) is 0 Å². The van der Waals surface area contributed by atoms with Crippen molar-refractivity contribution in [3.05, 3.63) is 46.3 Å². The molecule has 2 aliphatic rings. The standard InChI is InChI=1S/C23H28N8OS/c1-2-5-17(6-3-1)15-30-10-7-18-19(16-30)33-22-20(18)21(25-23-26-27-28-31(22)23)24-8-4-9-29-11-13-32-14-12-29/h1-3,5-6H,4,7-16H2,(H,24,25,26,28)/p+2. The highest BCUT2D eigenvalue weighted by Crippen LogP contribution is 2.36. The predicted molar refractivity (Wildman–Crippen MR) is 127 cm³/mol. The van der Waals surface area contributed by atoms with Gasteiger partial charge >= 0.3 is 0 Å². The maximum Gasteiger partial charge on any atom is 0.276 e. The van der Waals surface area contributed by atoms with Gasteiger partial charge in [-0.2, -0.15) is 9.50 Å². The van der Waals surface area contributed by atoms with Crippen molar-refractivity contribution in [2.24, 2.45) is 0 Å². The van der Waals surface area contributed by atoms with Crippen LogP contribution in [0.5, 0.6) is 0 Å². The van der Waals surface area contributed by atoms with Gasteiger partial charge in [0.15, 0.2) is 0 Å². The quantitative estimate of drug-likeness (QED) is 0.321. The fraction of sp³-hybridized carbons (Fsp3) is 0.478. The lowest BCUT2D eigenvalue weighted by Gasteiger charge is -2.24. The van der Waals surface area contributed by atoms with Crippen LogP contribution in [0.15, 0.2) is 30.3 Å². The molecule has 3 aromatic heterocycles. The molecule has 0 spiro atoms. The largest absolute Gasteiger partial charge is 0.370 e. The first-order valence-corrected chi connectivity index (χ1v) is 12.7. The second kappa shape index (κ2) is 9.30. The molecule has 0 saturated carbocycles. The van der Waals surface area contributed by atoms with Crippen molar-refractivity contribution in [3.8, 4) is 0 Å². The van der Waals surface area contributed by atoms with E-state index in [2.05, 4.69) is 51.2 Å². The minimum Gasteiger partial charge on any atom is -0.370 e. The van der Waals surface area contributed by atoms with Gasteiger partial charge in [0.2, 0.25) is 0 Å². The Kier molecular flexibility index (Phi) is 5.89. The minimum absolute atomic E-state index is 0.566. The van der Waals surface area contributed by atoms with E-state index in [4.69, 9.17) is 9.72 Å². The predicted octanol–water partition coefficient (Wildman–Crippen LogP) is -0.408. The Balaban J connectivity index is 1.23. The number of quaternary nitrogens is 2. The van der Waals surface area contributed by atoms with Crippen LogP contribution in [-0.2, 0) is 24.2 Å². The SMILES string of the molecule is c1ccc(C[NH+]2CCc3c(sc4c3c(NCCC[NH+]3CCOCC3)nc3nnnn34)C2)cc1. The number of thiophene rings is 1. The molecule has 5 heterocycles. The van der Waals surface area contributed by atoms with Crippen molar-refractivity contribution in [1.82, 2.24) is 25.0 Å². The highest BCUT2D eigenvalue weighted by atomic mass is 32.1. The van der Waals surface area contributed by atoms with E-state index >= 15 is 0 Å². The molecular weight excluding hydrogens is 436 g/mol. The van der Waals surface area contributed by atoms with E-state index in [0.717, 1.165) is 82.5 Å². The second-order valence-corrected chi connectivity index (χ2v) is 10.1. The lowest BCUT2D eigenvalue weighted by atomic mass is 10.0. The number of nitrogens with one attached hydrogen (secondary N) is 3. The number of tetrazole rings is 1. The Labute approximate surface area is 196 Å². The molecule has 0 amide bonds. The van der Waals surface area contributed by atoms with Gasteiger partial charge in [-0.1, -0.05) is 35.4 Å². The first kappa shape index (κ1) is 20.9. The summed E-state index contributed by atoms with van der Waals surface area (Å²) in [5.74, 6) is 1.50. The summed E-state index contributed by atoms with van der Waals surface area (Å²) in [6.07, 6.45) is 2.16. The van der Waals surface area contributed by atoms with E-state index in [0.29, 0.717) is 5.78 Å². The van der Waals surface area contributed by atoms with Crippen molar-refractivity contribution in [1.29, 1.82) is 0 Å². The van der Waals surface area contributed by atoms with Gasteiger partial charge in [-0.25, -0.2) is 0 Å². The summed E-state index contributed by atoms with van der Waals surface area (Å²) in [7, 11) is 0. The summed E-state index contributed by atoms with van der Waals surface area (Å²) in [5.41, 5.74) is 2.82. The van der Waals surface area contributed by atoms with E-state index in [1.807, 2.05) is 11.3 Å². The van der Waals surface area contributed by atoms with E-state index in [9.17, 15) is 0 Å². The third-order valence-corrected chi connectivity index (χ3v) is 8.01. The number of fused-ring (bicyclic) bond motifs is 5. The maximum absolute atomic E-state index is 5.47. The zero-order valence-electron chi connectivity index (χ0n) is 18.7. The number of anilines is 1. The third kappa shape index (κ3) is 4.31. The molecule has 1 saturated heterocycles. The van der Waals surface area contributed by atoms with Crippen LogP contribution in [-0.4, -0.2) is 71.0 Å². The van der Waals surface area contributed by atoms with Gasteiger partial charge in [0.1, 0.15) is 36.8 Å². The number of rotatable bonds is 7. The van der Waals surface area contributed by atoms with Crippen LogP contribution >= 0.6 is 11.3 Å². The topological polar surface area (TPSA) is 86.1 Å². The number of ether oxygens (including phenoxy) is 1. The Bertz CT molecular complexity index is 1230. The summed E-state index contributed by atoms with van der Waals surface area (Å²) < 4.78 is 7.28. The van der Waals surface area contributed by atoms with Crippen LogP contribution in [0.25, 0.3) is 16.0 Å². The second-order valence-electron chi connectivity index (χ2n) is 9.02. The number of nitrogens with zero attached hydrogens (tertiary/aromatic N) is 5. The highest BCUT2D eigenvalue weighted by Gasteiger charge is 2.28. The number of morpholine rings is 1. The molecule has 172 valence electrons. The van der Waals surface area contributed by atoms with Crippen LogP contribution in [0.4, 0.5) is 5.82 Å². The van der Waals surface area contributed by atoms with Crippen molar-refractivity contribution in [3.63, 3.8) is 0 Å². The van der Waals surface area contributed by atoms with Crippen LogP contribution in [0, 0.1) is 0 Å². The normalized spacial score (nSPS) is 19.2. The fourth-order valence-corrected chi connectivity index (χ4v) is 6.44. The van der Waals surface area contributed by atoms with Gasteiger partial charge in [0.05, 0.1) is 36.6 Å². The van der Waals surface area contributed by atoms with Crippen LogP contribution < -0.4 is 15.1 Å².